The SMILES string of the molecule is CSc1cccc(S(=O)(=O)NC(C)C2CCCNC2)c1. The van der Waals surface area contributed by atoms with E-state index in [9.17, 15) is 8.42 Å². The van der Waals surface area contributed by atoms with Gasteiger partial charge < -0.3 is 5.32 Å². The summed E-state index contributed by atoms with van der Waals surface area (Å²) in [5.41, 5.74) is 0. The number of hydrogen-bond donors (Lipinski definition) is 2. The van der Waals surface area contributed by atoms with E-state index >= 15 is 0 Å². The summed E-state index contributed by atoms with van der Waals surface area (Å²) < 4.78 is 27.6. The van der Waals surface area contributed by atoms with Crippen molar-refractivity contribution in [2.75, 3.05) is 19.3 Å². The van der Waals surface area contributed by atoms with Crippen molar-refractivity contribution >= 4 is 21.8 Å². The molecule has 1 aliphatic rings. The van der Waals surface area contributed by atoms with Crippen LogP contribution in [0.5, 0.6) is 0 Å². The van der Waals surface area contributed by atoms with Crippen molar-refractivity contribution in [2.45, 2.75) is 35.6 Å². The van der Waals surface area contributed by atoms with Gasteiger partial charge >= 0.3 is 0 Å². The van der Waals surface area contributed by atoms with Crippen LogP contribution in [0, 0.1) is 5.92 Å². The van der Waals surface area contributed by atoms with Crippen LogP contribution in [-0.2, 0) is 10.0 Å². The van der Waals surface area contributed by atoms with Gasteiger partial charge in [-0.05, 0) is 63.2 Å². The highest BCUT2D eigenvalue weighted by Crippen LogP contribution is 2.21. The van der Waals surface area contributed by atoms with Crippen LogP contribution in [0.25, 0.3) is 0 Å². The lowest BCUT2D eigenvalue weighted by molar-refractivity contribution is 0.320. The van der Waals surface area contributed by atoms with Gasteiger partial charge in [-0.2, -0.15) is 0 Å². The highest BCUT2D eigenvalue weighted by Gasteiger charge is 2.25. The number of nitrogens with one attached hydrogen (secondary N) is 2. The van der Waals surface area contributed by atoms with Crippen LogP contribution in [0.2, 0.25) is 0 Å². The fourth-order valence-corrected chi connectivity index (χ4v) is 4.37. The molecule has 6 heteroatoms. The molecule has 0 amide bonds. The predicted molar refractivity (Wildman–Crippen MR) is 83.6 cm³/mol. The largest absolute Gasteiger partial charge is 0.316 e. The van der Waals surface area contributed by atoms with Crippen LogP contribution >= 0.6 is 11.8 Å². The van der Waals surface area contributed by atoms with E-state index in [1.165, 1.54) is 0 Å². The number of rotatable bonds is 5. The molecule has 20 heavy (non-hydrogen) atoms. The maximum atomic E-state index is 12.4. The summed E-state index contributed by atoms with van der Waals surface area (Å²) in [5, 5.41) is 3.32. The maximum absolute atomic E-state index is 12.4. The van der Waals surface area contributed by atoms with E-state index in [1.54, 1.807) is 30.0 Å². The Hall–Kier alpha value is -0.560. The summed E-state index contributed by atoms with van der Waals surface area (Å²) >= 11 is 1.54. The smallest absolute Gasteiger partial charge is 0.240 e. The molecule has 1 heterocycles. The minimum absolute atomic E-state index is 0.0502. The Balaban J connectivity index is 2.09. The third-order valence-electron chi connectivity index (χ3n) is 3.73. The molecule has 0 bridgehead atoms. The summed E-state index contributed by atoms with van der Waals surface area (Å²) in [6, 6.07) is 7.02. The van der Waals surface area contributed by atoms with Crippen molar-refractivity contribution in [1.29, 1.82) is 0 Å². The average Bonchev–Trinajstić information content (AvgIpc) is 2.48. The Bertz CT molecular complexity index is 540. The third-order valence-corrected chi connectivity index (χ3v) is 6.02. The Morgan fingerprint density at radius 3 is 2.90 bits per heavy atom. The standard InChI is InChI=1S/C14H22N2O2S2/c1-11(12-5-4-8-15-10-12)16-20(17,18)14-7-3-6-13(9-14)19-2/h3,6-7,9,11-12,15-16H,4-5,8,10H2,1-2H3. The first kappa shape index (κ1) is 15.8. The molecule has 0 aliphatic carbocycles. The molecule has 2 rings (SSSR count). The molecule has 1 aromatic rings. The monoisotopic (exact) mass is 314 g/mol. The normalized spacial score (nSPS) is 21.6. The highest BCUT2D eigenvalue weighted by molar-refractivity contribution is 7.98. The second-order valence-electron chi connectivity index (χ2n) is 5.20. The molecule has 0 aromatic heterocycles. The quantitative estimate of drug-likeness (QED) is 0.817. The van der Waals surface area contributed by atoms with Crippen LogP contribution < -0.4 is 10.0 Å². The molecule has 1 fully saturated rings. The van der Waals surface area contributed by atoms with Gasteiger partial charge in [0.25, 0.3) is 0 Å². The molecular weight excluding hydrogens is 292 g/mol. The maximum Gasteiger partial charge on any atom is 0.240 e. The Morgan fingerprint density at radius 1 is 1.45 bits per heavy atom. The number of benzene rings is 1. The van der Waals surface area contributed by atoms with Gasteiger partial charge in [0, 0.05) is 10.9 Å². The lowest BCUT2D eigenvalue weighted by atomic mass is 9.94. The highest BCUT2D eigenvalue weighted by atomic mass is 32.2. The van der Waals surface area contributed by atoms with E-state index in [1.807, 2.05) is 19.2 Å². The fourth-order valence-electron chi connectivity index (χ4n) is 2.48. The first-order valence-corrected chi connectivity index (χ1v) is 9.61. The van der Waals surface area contributed by atoms with E-state index in [0.717, 1.165) is 30.8 Å². The van der Waals surface area contributed by atoms with E-state index in [2.05, 4.69) is 10.0 Å². The number of sulfonamides is 1. The number of hydrogen-bond acceptors (Lipinski definition) is 4. The van der Waals surface area contributed by atoms with Gasteiger partial charge in [-0.1, -0.05) is 6.07 Å². The van der Waals surface area contributed by atoms with E-state index in [-0.39, 0.29) is 6.04 Å². The van der Waals surface area contributed by atoms with Gasteiger partial charge in [0.15, 0.2) is 0 Å². The first-order chi connectivity index (χ1) is 9.53. The zero-order valence-corrected chi connectivity index (χ0v) is 13.6. The lowest BCUT2D eigenvalue weighted by Gasteiger charge is -2.28. The fraction of sp³-hybridized carbons (Fsp3) is 0.571. The summed E-state index contributed by atoms with van der Waals surface area (Å²) in [4.78, 5) is 1.31. The number of thioether (sulfide) groups is 1. The van der Waals surface area contributed by atoms with Crippen LogP contribution in [0.1, 0.15) is 19.8 Å². The van der Waals surface area contributed by atoms with Crippen LogP contribution in [0.4, 0.5) is 0 Å². The molecule has 1 aliphatic heterocycles. The van der Waals surface area contributed by atoms with Crippen molar-refractivity contribution in [2.24, 2.45) is 5.92 Å². The van der Waals surface area contributed by atoms with Gasteiger partial charge in [0.1, 0.15) is 0 Å². The van der Waals surface area contributed by atoms with E-state index in [0.29, 0.717) is 10.8 Å². The molecule has 0 saturated carbocycles. The third kappa shape index (κ3) is 3.97. The minimum Gasteiger partial charge on any atom is -0.316 e. The minimum atomic E-state index is -3.43. The second kappa shape index (κ2) is 6.93. The second-order valence-corrected chi connectivity index (χ2v) is 7.79. The number of piperidine rings is 1. The molecule has 2 atom stereocenters. The van der Waals surface area contributed by atoms with Crippen molar-refractivity contribution in [3.8, 4) is 0 Å². The molecule has 1 aromatic carbocycles. The Kier molecular flexibility index (Phi) is 5.49. The molecular formula is C14H22N2O2S2. The molecule has 4 nitrogen and oxygen atoms in total. The summed E-state index contributed by atoms with van der Waals surface area (Å²) in [6.07, 6.45) is 4.12. The van der Waals surface area contributed by atoms with Gasteiger partial charge in [0.05, 0.1) is 4.90 Å². The van der Waals surface area contributed by atoms with Gasteiger partial charge in [0.2, 0.25) is 10.0 Å². The van der Waals surface area contributed by atoms with E-state index < -0.39 is 10.0 Å². The Labute approximate surface area is 125 Å². The van der Waals surface area contributed by atoms with Gasteiger partial charge in [-0.25, -0.2) is 13.1 Å². The molecule has 0 radical (unpaired) electrons. The lowest BCUT2D eigenvalue weighted by Crippen LogP contribution is -2.44. The zero-order chi connectivity index (χ0) is 14.6. The molecule has 1 saturated heterocycles. The predicted octanol–water partition coefficient (Wildman–Crippen LogP) is 2.07. The van der Waals surface area contributed by atoms with Crippen molar-refractivity contribution in [3.05, 3.63) is 24.3 Å². The molecule has 2 unspecified atom stereocenters. The van der Waals surface area contributed by atoms with Crippen LogP contribution in [0.3, 0.4) is 0 Å². The topological polar surface area (TPSA) is 58.2 Å². The molecule has 2 N–H and O–H groups in total. The molecule has 0 spiro atoms. The zero-order valence-electron chi connectivity index (χ0n) is 11.9. The summed E-state index contributed by atoms with van der Waals surface area (Å²) in [5.74, 6) is 0.363. The summed E-state index contributed by atoms with van der Waals surface area (Å²) in [7, 11) is -3.43. The van der Waals surface area contributed by atoms with E-state index in [4.69, 9.17) is 0 Å². The van der Waals surface area contributed by atoms with Crippen LogP contribution in [-0.4, -0.2) is 33.8 Å². The van der Waals surface area contributed by atoms with Crippen molar-refractivity contribution < 1.29 is 8.42 Å². The molecule has 112 valence electrons. The Morgan fingerprint density at radius 2 is 2.25 bits per heavy atom. The first-order valence-electron chi connectivity index (χ1n) is 6.90. The van der Waals surface area contributed by atoms with Gasteiger partial charge in [-0.15, -0.1) is 11.8 Å². The summed E-state index contributed by atoms with van der Waals surface area (Å²) in [6.45, 7) is 3.87. The average molecular weight is 314 g/mol. The van der Waals surface area contributed by atoms with Gasteiger partial charge in [-0.3, -0.25) is 0 Å². The van der Waals surface area contributed by atoms with Crippen LogP contribution in [0.15, 0.2) is 34.1 Å². The van der Waals surface area contributed by atoms with Crippen molar-refractivity contribution in [3.63, 3.8) is 0 Å². The van der Waals surface area contributed by atoms with Crippen molar-refractivity contribution in [1.82, 2.24) is 10.0 Å².